The van der Waals surface area contributed by atoms with Crippen LogP contribution in [-0.2, 0) is 4.74 Å². The van der Waals surface area contributed by atoms with Gasteiger partial charge in [-0.15, -0.1) is 0 Å². The molecule has 0 amide bonds. The molecule has 0 unspecified atom stereocenters. The van der Waals surface area contributed by atoms with Crippen molar-refractivity contribution in [3.63, 3.8) is 0 Å². The van der Waals surface area contributed by atoms with Gasteiger partial charge in [0.2, 0.25) is 0 Å². The number of nitrogens with one attached hydrogen (secondary N) is 1. The van der Waals surface area contributed by atoms with E-state index in [9.17, 15) is 4.39 Å². The van der Waals surface area contributed by atoms with Crippen LogP contribution in [0.1, 0.15) is 12.5 Å². The number of rotatable bonds is 3. The average molecular weight is 209 g/mol. The SMILES string of the molecule is Cc1cc(NCC2(C)COC2)ccc1F. The molecule has 1 aromatic carbocycles. The molecular formula is C12H16FNO. The Morgan fingerprint density at radius 2 is 2.20 bits per heavy atom. The summed E-state index contributed by atoms with van der Waals surface area (Å²) in [6.45, 7) is 6.44. The summed E-state index contributed by atoms with van der Waals surface area (Å²) in [6, 6.07) is 5.10. The smallest absolute Gasteiger partial charge is 0.126 e. The Hall–Kier alpha value is -1.09. The minimum absolute atomic E-state index is 0.154. The molecule has 2 nitrogen and oxygen atoms in total. The molecule has 1 saturated heterocycles. The predicted octanol–water partition coefficient (Wildman–Crippen LogP) is 2.58. The fourth-order valence-corrected chi connectivity index (χ4v) is 1.62. The highest BCUT2D eigenvalue weighted by Gasteiger charge is 2.32. The van der Waals surface area contributed by atoms with Crippen molar-refractivity contribution in [1.29, 1.82) is 0 Å². The molecule has 0 aromatic heterocycles. The van der Waals surface area contributed by atoms with Gasteiger partial charge in [-0.05, 0) is 30.7 Å². The zero-order valence-electron chi connectivity index (χ0n) is 9.14. The Labute approximate surface area is 89.4 Å². The molecule has 0 aliphatic carbocycles. The number of hydrogen-bond donors (Lipinski definition) is 1. The van der Waals surface area contributed by atoms with Gasteiger partial charge in [-0.3, -0.25) is 0 Å². The van der Waals surface area contributed by atoms with Gasteiger partial charge in [-0.1, -0.05) is 6.92 Å². The Bertz CT molecular complexity index is 361. The summed E-state index contributed by atoms with van der Waals surface area (Å²) < 4.78 is 18.2. The number of ether oxygens (including phenoxy) is 1. The Morgan fingerprint density at radius 1 is 1.47 bits per heavy atom. The summed E-state index contributed by atoms with van der Waals surface area (Å²) in [6.07, 6.45) is 0. The molecule has 0 spiro atoms. The third-order valence-electron chi connectivity index (χ3n) is 2.78. The van der Waals surface area contributed by atoms with Crippen molar-refractivity contribution in [3.8, 4) is 0 Å². The van der Waals surface area contributed by atoms with Crippen molar-refractivity contribution in [3.05, 3.63) is 29.6 Å². The van der Waals surface area contributed by atoms with E-state index in [1.807, 2.05) is 6.07 Å². The van der Waals surface area contributed by atoms with Gasteiger partial charge in [-0.25, -0.2) is 4.39 Å². The van der Waals surface area contributed by atoms with Gasteiger partial charge >= 0.3 is 0 Å². The third-order valence-corrected chi connectivity index (χ3v) is 2.78. The number of anilines is 1. The summed E-state index contributed by atoms with van der Waals surface area (Å²) in [7, 11) is 0. The van der Waals surface area contributed by atoms with Crippen LogP contribution in [0.3, 0.4) is 0 Å². The quantitative estimate of drug-likeness (QED) is 0.826. The molecule has 3 heteroatoms. The lowest BCUT2D eigenvalue weighted by Gasteiger charge is -2.38. The minimum Gasteiger partial charge on any atom is -0.384 e. The van der Waals surface area contributed by atoms with Crippen LogP contribution in [0, 0.1) is 18.2 Å². The van der Waals surface area contributed by atoms with Gasteiger partial charge in [0.1, 0.15) is 5.82 Å². The first kappa shape index (κ1) is 10.4. The maximum Gasteiger partial charge on any atom is 0.126 e. The molecule has 1 N–H and O–H groups in total. The summed E-state index contributed by atoms with van der Waals surface area (Å²) in [5, 5.41) is 3.31. The molecule has 1 heterocycles. The fraction of sp³-hybridized carbons (Fsp3) is 0.500. The second-order valence-electron chi connectivity index (χ2n) is 4.62. The first-order valence-corrected chi connectivity index (χ1v) is 5.17. The second-order valence-corrected chi connectivity index (χ2v) is 4.62. The highest BCUT2D eigenvalue weighted by molar-refractivity contribution is 5.46. The number of benzene rings is 1. The molecule has 1 aromatic rings. The molecule has 1 aliphatic rings. The van der Waals surface area contributed by atoms with Crippen LogP contribution in [0.5, 0.6) is 0 Å². The van der Waals surface area contributed by atoms with E-state index in [-0.39, 0.29) is 11.2 Å². The van der Waals surface area contributed by atoms with Gasteiger partial charge < -0.3 is 10.1 Å². The maximum absolute atomic E-state index is 13.0. The van der Waals surface area contributed by atoms with Crippen LogP contribution < -0.4 is 5.32 Å². The summed E-state index contributed by atoms with van der Waals surface area (Å²) in [4.78, 5) is 0. The molecule has 15 heavy (non-hydrogen) atoms. The first-order chi connectivity index (χ1) is 7.09. The number of aryl methyl sites for hydroxylation is 1. The Balaban J connectivity index is 1.96. The van der Waals surface area contributed by atoms with E-state index in [4.69, 9.17) is 4.74 Å². The topological polar surface area (TPSA) is 21.3 Å². The lowest BCUT2D eigenvalue weighted by Crippen LogP contribution is -2.45. The van der Waals surface area contributed by atoms with E-state index in [2.05, 4.69) is 12.2 Å². The molecule has 0 radical (unpaired) electrons. The Morgan fingerprint density at radius 3 is 2.73 bits per heavy atom. The Kier molecular flexibility index (Phi) is 2.65. The lowest BCUT2D eigenvalue weighted by molar-refractivity contribution is -0.0924. The largest absolute Gasteiger partial charge is 0.384 e. The van der Waals surface area contributed by atoms with Crippen molar-refractivity contribution >= 4 is 5.69 Å². The van der Waals surface area contributed by atoms with Crippen molar-refractivity contribution < 1.29 is 9.13 Å². The van der Waals surface area contributed by atoms with E-state index in [1.54, 1.807) is 13.0 Å². The highest BCUT2D eigenvalue weighted by atomic mass is 19.1. The number of halogens is 1. The summed E-state index contributed by atoms with van der Waals surface area (Å²) in [5.74, 6) is -0.154. The van der Waals surface area contributed by atoms with E-state index in [0.29, 0.717) is 5.56 Å². The predicted molar refractivity (Wildman–Crippen MR) is 58.6 cm³/mol. The molecule has 0 atom stereocenters. The first-order valence-electron chi connectivity index (χ1n) is 5.17. The molecule has 1 fully saturated rings. The van der Waals surface area contributed by atoms with Crippen LogP contribution >= 0.6 is 0 Å². The fourth-order valence-electron chi connectivity index (χ4n) is 1.62. The van der Waals surface area contributed by atoms with Crippen molar-refractivity contribution in [2.75, 3.05) is 25.1 Å². The standard InChI is InChI=1S/C12H16FNO/c1-9-5-10(3-4-11(9)13)14-6-12(2)7-15-8-12/h3-5,14H,6-8H2,1-2H3. The van der Waals surface area contributed by atoms with Crippen LogP contribution in [0.25, 0.3) is 0 Å². The van der Waals surface area contributed by atoms with E-state index in [0.717, 1.165) is 25.4 Å². The van der Waals surface area contributed by atoms with E-state index < -0.39 is 0 Å². The molecule has 1 aliphatic heterocycles. The summed E-state index contributed by atoms with van der Waals surface area (Å²) in [5.41, 5.74) is 1.89. The lowest BCUT2D eigenvalue weighted by atomic mass is 9.88. The van der Waals surface area contributed by atoms with Crippen LogP contribution in [-0.4, -0.2) is 19.8 Å². The normalized spacial score (nSPS) is 18.3. The molecule has 2 rings (SSSR count). The van der Waals surface area contributed by atoms with E-state index >= 15 is 0 Å². The summed E-state index contributed by atoms with van der Waals surface area (Å²) >= 11 is 0. The zero-order chi connectivity index (χ0) is 10.9. The van der Waals surface area contributed by atoms with Crippen molar-refractivity contribution in [2.45, 2.75) is 13.8 Å². The molecular weight excluding hydrogens is 193 g/mol. The van der Waals surface area contributed by atoms with Gasteiger partial charge in [0, 0.05) is 17.6 Å². The van der Waals surface area contributed by atoms with Gasteiger partial charge in [0.25, 0.3) is 0 Å². The van der Waals surface area contributed by atoms with Crippen LogP contribution in [0.15, 0.2) is 18.2 Å². The van der Waals surface area contributed by atoms with E-state index in [1.165, 1.54) is 6.07 Å². The molecule has 0 bridgehead atoms. The highest BCUT2D eigenvalue weighted by Crippen LogP contribution is 2.27. The average Bonchev–Trinajstić information content (AvgIpc) is 2.17. The second kappa shape index (κ2) is 3.81. The molecule has 82 valence electrons. The van der Waals surface area contributed by atoms with Gasteiger partial charge in [-0.2, -0.15) is 0 Å². The van der Waals surface area contributed by atoms with Crippen LogP contribution in [0.4, 0.5) is 10.1 Å². The number of hydrogen-bond acceptors (Lipinski definition) is 2. The van der Waals surface area contributed by atoms with Gasteiger partial charge in [0.05, 0.1) is 13.2 Å². The zero-order valence-corrected chi connectivity index (χ0v) is 9.14. The van der Waals surface area contributed by atoms with Gasteiger partial charge in [0.15, 0.2) is 0 Å². The van der Waals surface area contributed by atoms with Crippen molar-refractivity contribution in [1.82, 2.24) is 0 Å². The molecule has 0 saturated carbocycles. The third kappa shape index (κ3) is 2.29. The maximum atomic E-state index is 13.0. The monoisotopic (exact) mass is 209 g/mol. The van der Waals surface area contributed by atoms with Crippen molar-refractivity contribution in [2.24, 2.45) is 5.41 Å². The van der Waals surface area contributed by atoms with Crippen LogP contribution in [0.2, 0.25) is 0 Å². The minimum atomic E-state index is -0.154.